The Morgan fingerprint density at radius 1 is 0.833 bits per heavy atom. The van der Waals surface area contributed by atoms with Gasteiger partial charge in [0.15, 0.2) is 0 Å². The second kappa shape index (κ2) is 18.0. The summed E-state index contributed by atoms with van der Waals surface area (Å²) in [5.41, 5.74) is -2.86. The Balaban J connectivity index is 4.55. The van der Waals surface area contributed by atoms with Gasteiger partial charge in [0.2, 0.25) is 0 Å². The molecule has 0 aliphatic rings. The maximum absolute atomic E-state index is 11.6. The number of thiocyanates is 1. The van der Waals surface area contributed by atoms with Gasteiger partial charge in [0, 0.05) is 12.3 Å². The average molecular weight is 455 g/mol. The number of carbonyl (C=O) groups is 4. The Bertz CT molecular complexity index is 602. The van der Waals surface area contributed by atoms with Crippen molar-refractivity contribution in [1.82, 2.24) is 10.6 Å². The van der Waals surface area contributed by atoms with Crippen LogP contribution in [0.2, 0.25) is 0 Å². The third kappa shape index (κ3) is 12.1. The summed E-state index contributed by atoms with van der Waals surface area (Å²) in [5.74, 6) is 0.746. The van der Waals surface area contributed by atoms with Gasteiger partial charge in [-0.05, 0) is 75.6 Å². The summed E-state index contributed by atoms with van der Waals surface area (Å²) in [6, 6.07) is 0. The molecule has 0 aliphatic heterocycles. The van der Waals surface area contributed by atoms with Crippen molar-refractivity contribution in [2.24, 2.45) is 4.99 Å². The van der Waals surface area contributed by atoms with Gasteiger partial charge >= 0.3 is 0 Å². The fourth-order valence-corrected chi connectivity index (χ4v) is 3.28. The van der Waals surface area contributed by atoms with E-state index in [1.165, 1.54) is 11.8 Å². The largest absolute Gasteiger partial charge is 0.301 e. The molecule has 0 heterocycles. The molecule has 10 heteroatoms. The third-order valence-electron chi connectivity index (χ3n) is 4.70. The molecule has 8 nitrogen and oxygen atoms in total. The molecule has 0 fully saturated rings. The lowest BCUT2D eigenvalue weighted by Crippen LogP contribution is -2.54. The summed E-state index contributed by atoms with van der Waals surface area (Å²) in [7, 11) is 0. The first-order valence-electron chi connectivity index (χ1n) is 9.97. The van der Waals surface area contributed by atoms with Gasteiger partial charge in [-0.1, -0.05) is 12.8 Å². The lowest BCUT2D eigenvalue weighted by molar-refractivity contribution is -0.127. The Kier molecular flexibility index (Phi) is 17.0. The number of carbonyl (C=O) groups excluding carboxylic acids is 4. The molecule has 0 unspecified atom stereocenters. The van der Waals surface area contributed by atoms with E-state index >= 15 is 0 Å². The molecule has 30 heavy (non-hydrogen) atoms. The molecule has 0 saturated carbocycles. The molecule has 0 atom stereocenters. The van der Waals surface area contributed by atoms with E-state index < -0.39 is 11.1 Å². The number of isothiocyanates is 1. The van der Waals surface area contributed by atoms with Crippen LogP contribution in [0.3, 0.4) is 0 Å². The molecule has 166 valence electrons. The van der Waals surface area contributed by atoms with E-state index in [1.54, 1.807) is 0 Å². The first-order valence-corrected chi connectivity index (χ1v) is 11.4. The van der Waals surface area contributed by atoms with Crippen molar-refractivity contribution in [2.75, 3.05) is 25.4 Å². The summed E-state index contributed by atoms with van der Waals surface area (Å²) in [5, 5.41) is 18.7. The summed E-state index contributed by atoms with van der Waals surface area (Å²) in [6.07, 6.45) is 7.07. The zero-order valence-electron chi connectivity index (χ0n) is 17.1. The molecule has 0 aliphatic carbocycles. The first kappa shape index (κ1) is 28.2. The number of thiocarbonyl (C=S) groups is 1. The van der Waals surface area contributed by atoms with Crippen LogP contribution in [0.25, 0.3) is 0 Å². The van der Waals surface area contributed by atoms with Crippen molar-refractivity contribution in [3.63, 3.8) is 0 Å². The molecule has 0 bridgehead atoms. The molecule has 0 aromatic carbocycles. The van der Waals surface area contributed by atoms with E-state index in [2.05, 4.69) is 33.0 Å². The van der Waals surface area contributed by atoms with E-state index in [0.29, 0.717) is 44.8 Å². The van der Waals surface area contributed by atoms with E-state index in [-0.39, 0.29) is 12.8 Å². The number of nitriles is 1. The fourth-order valence-electron chi connectivity index (χ4n) is 2.75. The van der Waals surface area contributed by atoms with Crippen LogP contribution in [0.4, 0.5) is 0 Å². The predicted molar refractivity (Wildman–Crippen MR) is 121 cm³/mol. The third-order valence-corrected chi connectivity index (χ3v) is 5.45. The van der Waals surface area contributed by atoms with Crippen LogP contribution in [0.1, 0.15) is 51.4 Å². The number of nitrogens with one attached hydrogen (secondary N) is 2. The fraction of sp³-hybridized carbons (Fsp3) is 0.700. The van der Waals surface area contributed by atoms with Crippen LogP contribution in [0, 0.1) is 10.7 Å². The molecular formula is C20H30N4O4S2. The lowest BCUT2D eigenvalue weighted by atomic mass is 9.87. The van der Waals surface area contributed by atoms with Crippen molar-refractivity contribution >= 4 is 54.3 Å². The van der Waals surface area contributed by atoms with E-state index in [1.807, 2.05) is 5.40 Å². The smallest absolute Gasteiger partial charge is 0.147 e. The number of nitrogens with zero attached hydrogens (tertiary/aromatic N) is 2. The van der Waals surface area contributed by atoms with Crippen molar-refractivity contribution < 1.29 is 19.2 Å². The van der Waals surface area contributed by atoms with Crippen LogP contribution in [0.15, 0.2) is 4.99 Å². The standard InChI is InChI=1S/C20H30N4O4S2/c21-17-30-12-6-2-5-11-24-20(15-27,16-28)8-7-19(13-25,14-26)23-10-4-1-3-9-22-18-29/h13-16,23-24H,1-12H2. The van der Waals surface area contributed by atoms with Gasteiger partial charge in [-0.15, -0.1) is 0 Å². The molecule has 2 N–H and O–H groups in total. The maximum Gasteiger partial charge on any atom is 0.147 e. The summed E-state index contributed by atoms with van der Waals surface area (Å²) in [6.45, 7) is 1.49. The number of thioether (sulfide) groups is 1. The van der Waals surface area contributed by atoms with Gasteiger partial charge in [0.25, 0.3) is 0 Å². The minimum Gasteiger partial charge on any atom is -0.301 e. The number of rotatable bonds is 21. The number of unbranched alkanes of at least 4 members (excludes halogenated alkanes) is 4. The van der Waals surface area contributed by atoms with Gasteiger partial charge in [0.1, 0.15) is 41.6 Å². The number of hydrogen-bond donors (Lipinski definition) is 2. The summed E-state index contributed by atoms with van der Waals surface area (Å²) >= 11 is 5.69. The predicted octanol–water partition coefficient (Wildman–Crippen LogP) is 1.88. The minimum atomic E-state index is -1.43. The van der Waals surface area contributed by atoms with Crippen LogP contribution in [-0.4, -0.2) is 66.8 Å². The van der Waals surface area contributed by atoms with Crippen molar-refractivity contribution in [3.8, 4) is 5.40 Å². The Morgan fingerprint density at radius 3 is 1.77 bits per heavy atom. The van der Waals surface area contributed by atoms with Gasteiger partial charge in [-0.25, -0.2) is 4.99 Å². The number of aliphatic imine (C=N–C) groups is 1. The van der Waals surface area contributed by atoms with Crippen molar-refractivity contribution in [1.29, 1.82) is 5.26 Å². The average Bonchev–Trinajstić information content (AvgIpc) is 2.78. The van der Waals surface area contributed by atoms with Gasteiger partial charge in [-0.3, -0.25) is 10.6 Å². The van der Waals surface area contributed by atoms with Crippen LogP contribution in [0.5, 0.6) is 0 Å². The monoisotopic (exact) mass is 454 g/mol. The minimum absolute atomic E-state index is 0.0259. The van der Waals surface area contributed by atoms with Gasteiger partial charge in [-0.2, -0.15) is 5.26 Å². The second-order valence-corrected chi connectivity index (χ2v) is 8.00. The Morgan fingerprint density at radius 2 is 1.33 bits per heavy atom. The van der Waals surface area contributed by atoms with E-state index in [4.69, 9.17) is 5.26 Å². The van der Waals surface area contributed by atoms with Crippen LogP contribution < -0.4 is 10.6 Å². The highest BCUT2D eigenvalue weighted by Crippen LogP contribution is 2.16. The van der Waals surface area contributed by atoms with Gasteiger partial charge < -0.3 is 19.2 Å². The molecule has 0 spiro atoms. The SMILES string of the molecule is N#CSCCCCCNC(C=O)(C=O)CCC(C=O)(C=O)NCCCCCN=C=S. The molecule has 0 saturated heterocycles. The van der Waals surface area contributed by atoms with Crippen LogP contribution in [-0.2, 0) is 19.2 Å². The van der Waals surface area contributed by atoms with E-state index in [0.717, 1.165) is 44.3 Å². The first-order chi connectivity index (χ1) is 14.6. The summed E-state index contributed by atoms with van der Waals surface area (Å²) in [4.78, 5) is 50.2. The maximum atomic E-state index is 11.6. The van der Waals surface area contributed by atoms with Crippen LogP contribution >= 0.6 is 24.0 Å². The molecule has 0 aromatic rings. The molecule has 0 rings (SSSR count). The zero-order valence-corrected chi connectivity index (χ0v) is 18.8. The lowest BCUT2D eigenvalue weighted by Gasteiger charge is -2.29. The van der Waals surface area contributed by atoms with Gasteiger partial charge in [0.05, 0.1) is 5.16 Å². The quantitative estimate of drug-likeness (QED) is 0.0667. The zero-order chi connectivity index (χ0) is 22.6. The molecule has 0 radical (unpaired) electrons. The van der Waals surface area contributed by atoms with E-state index in [9.17, 15) is 19.2 Å². The highest BCUT2D eigenvalue weighted by molar-refractivity contribution is 8.03. The Labute approximate surface area is 187 Å². The molecular weight excluding hydrogens is 424 g/mol. The normalized spacial score (nSPS) is 11.2. The molecule has 0 amide bonds. The summed E-state index contributed by atoms with van der Waals surface area (Å²) < 4.78 is 0. The number of aldehydes is 4. The van der Waals surface area contributed by atoms with Crippen molar-refractivity contribution in [3.05, 3.63) is 0 Å². The Hall–Kier alpha value is -1.76. The molecule has 0 aromatic heterocycles. The highest BCUT2D eigenvalue weighted by Gasteiger charge is 2.35. The highest BCUT2D eigenvalue weighted by atomic mass is 32.2. The number of hydrogen-bond acceptors (Lipinski definition) is 10. The second-order valence-electron chi connectivity index (χ2n) is 6.94. The topological polar surface area (TPSA) is 128 Å². The van der Waals surface area contributed by atoms with Crippen molar-refractivity contribution in [2.45, 2.75) is 62.4 Å².